The third-order valence-corrected chi connectivity index (χ3v) is 2.41. The minimum absolute atomic E-state index is 0.0834. The van der Waals surface area contributed by atoms with E-state index in [9.17, 15) is 4.79 Å². The zero-order chi connectivity index (χ0) is 12.5. The molecule has 0 fully saturated rings. The average Bonchev–Trinajstić information content (AvgIpc) is 2.35. The summed E-state index contributed by atoms with van der Waals surface area (Å²) in [5.41, 5.74) is 1.10. The van der Waals surface area contributed by atoms with Gasteiger partial charge >= 0.3 is 0 Å². The Morgan fingerprint density at radius 2 is 2.12 bits per heavy atom. The van der Waals surface area contributed by atoms with Crippen molar-refractivity contribution in [2.24, 2.45) is 0 Å². The molecule has 2 N–H and O–H groups in total. The van der Waals surface area contributed by atoms with Crippen LogP contribution in [0.2, 0.25) is 0 Å². The highest BCUT2D eigenvalue weighted by molar-refractivity contribution is 5.75. The molecule has 1 amide bonds. The molecule has 0 bridgehead atoms. The van der Waals surface area contributed by atoms with Gasteiger partial charge in [0, 0.05) is 31.6 Å². The molecule has 0 radical (unpaired) electrons. The van der Waals surface area contributed by atoms with Gasteiger partial charge in [0.25, 0.3) is 0 Å². The van der Waals surface area contributed by atoms with E-state index < -0.39 is 0 Å². The monoisotopic (exact) mass is 236 g/mol. The second kappa shape index (κ2) is 7.68. The molecular formula is C13H20N2O2. The normalized spacial score (nSPS) is 10.0. The molecule has 0 aliphatic rings. The first-order valence-electron chi connectivity index (χ1n) is 5.87. The molecule has 0 heterocycles. The average molecular weight is 236 g/mol. The predicted molar refractivity (Wildman–Crippen MR) is 68.0 cm³/mol. The van der Waals surface area contributed by atoms with Crippen LogP contribution in [-0.2, 0) is 11.3 Å². The van der Waals surface area contributed by atoms with Gasteiger partial charge in [0.2, 0.25) is 5.91 Å². The molecule has 0 spiro atoms. The van der Waals surface area contributed by atoms with E-state index in [0.717, 1.165) is 11.3 Å². The van der Waals surface area contributed by atoms with Crippen LogP contribution in [0.3, 0.4) is 0 Å². The summed E-state index contributed by atoms with van der Waals surface area (Å²) in [5, 5.41) is 5.99. The number of carbonyl (C=O) groups excluding carboxylic acids is 1. The van der Waals surface area contributed by atoms with Crippen molar-refractivity contribution in [1.29, 1.82) is 0 Å². The molecule has 0 saturated heterocycles. The molecule has 1 rings (SSSR count). The van der Waals surface area contributed by atoms with Crippen LogP contribution in [0, 0.1) is 0 Å². The lowest BCUT2D eigenvalue weighted by atomic mass is 10.2. The first-order chi connectivity index (χ1) is 8.27. The van der Waals surface area contributed by atoms with Crippen molar-refractivity contribution in [1.82, 2.24) is 10.6 Å². The van der Waals surface area contributed by atoms with E-state index in [4.69, 9.17) is 4.74 Å². The Bertz CT molecular complexity index is 353. The molecule has 4 heteroatoms. The van der Waals surface area contributed by atoms with E-state index in [0.29, 0.717) is 26.1 Å². The van der Waals surface area contributed by atoms with Gasteiger partial charge in [-0.1, -0.05) is 18.2 Å². The van der Waals surface area contributed by atoms with Crippen molar-refractivity contribution in [3.05, 3.63) is 29.8 Å². The van der Waals surface area contributed by atoms with Crippen LogP contribution in [0.4, 0.5) is 0 Å². The number of amides is 1. The number of nitrogens with one attached hydrogen (secondary N) is 2. The number of rotatable bonds is 7. The number of ether oxygens (including phenoxy) is 1. The summed E-state index contributed by atoms with van der Waals surface area (Å²) in [5.74, 6) is 0.957. The number of methoxy groups -OCH3 is 1. The highest BCUT2D eigenvalue weighted by Gasteiger charge is 2.02. The molecule has 0 aliphatic carbocycles. The topological polar surface area (TPSA) is 50.4 Å². The van der Waals surface area contributed by atoms with Crippen LogP contribution in [0.15, 0.2) is 24.3 Å². The summed E-state index contributed by atoms with van der Waals surface area (Å²) in [6.45, 7) is 3.98. The van der Waals surface area contributed by atoms with Crippen LogP contribution in [-0.4, -0.2) is 26.1 Å². The molecular weight excluding hydrogens is 216 g/mol. The number of benzene rings is 1. The maximum absolute atomic E-state index is 11.2. The highest BCUT2D eigenvalue weighted by atomic mass is 16.5. The van der Waals surface area contributed by atoms with Crippen molar-refractivity contribution in [2.75, 3.05) is 20.2 Å². The number of hydrogen-bond acceptors (Lipinski definition) is 3. The standard InChI is InChI=1S/C13H20N2O2/c1-3-15-13(16)8-9-14-10-11-6-4-5-7-12(11)17-2/h4-7,14H,3,8-10H2,1-2H3,(H,15,16). The minimum atomic E-state index is 0.0834. The summed E-state index contributed by atoms with van der Waals surface area (Å²) < 4.78 is 5.24. The molecule has 94 valence electrons. The van der Waals surface area contributed by atoms with E-state index >= 15 is 0 Å². The summed E-state index contributed by atoms with van der Waals surface area (Å²) in [6, 6.07) is 7.86. The summed E-state index contributed by atoms with van der Waals surface area (Å²) in [7, 11) is 1.66. The number of carbonyl (C=O) groups is 1. The van der Waals surface area contributed by atoms with Gasteiger partial charge in [-0.05, 0) is 13.0 Å². The summed E-state index contributed by atoms with van der Waals surface area (Å²) >= 11 is 0. The summed E-state index contributed by atoms with van der Waals surface area (Å²) in [4.78, 5) is 11.2. The molecule has 0 saturated carbocycles. The van der Waals surface area contributed by atoms with Gasteiger partial charge in [-0.3, -0.25) is 4.79 Å². The Morgan fingerprint density at radius 1 is 1.35 bits per heavy atom. The van der Waals surface area contributed by atoms with Gasteiger partial charge < -0.3 is 15.4 Å². The van der Waals surface area contributed by atoms with Gasteiger partial charge in [-0.15, -0.1) is 0 Å². The molecule has 0 aromatic heterocycles. The summed E-state index contributed by atoms with van der Waals surface area (Å²) in [6.07, 6.45) is 0.503. The van der Waals surface area contributed by atoms with E-state index in [1.165, 1.54) is 0 Å². The SMILES string of the molecule is CCNC(=O)CCNCc1ccccc1OC. The van der Waals surface area contributed by atoms with Gasteiger partial charge in [-0.25, -0.2) is 0 Å². The van der Waals surface area contributed by atoms with Crippen LogP contribution < -0.4 is 15.4 Å². The molecule has 0 atom stereocenters. The smallest absolute Gasteiger partial charge is 0.221 e. The molecule has 4 nitrogen and oxygen atoms in total. The fourth-order valence-corrected chi connectivity index (χ4v) is 1.56. The Hall–Kier alpha value is -1.55. The van der Waals surface area contributed by atoms with Crippen molar-refractivity contribution >= 4 is 5.91 Å². The maximum atomic E-state index is 11.2. The van der Waals surface area contributed by atoms with E-state index in [2.05, 4.69) is 10.6 Å². The fourth-order valence-electron chi connectivity index (χ4n) is 1.56. The van der Waals surface area contributed by atoms with Crippen LogP contribution >= 0.6 is 0 Å². The van der Waals surface area contributed by atoms with Crippen molar-refractivity contribution in [2.45, 2.75) is 19.9 Å². The molecule has 0 aliphatic heterocycles. The minimum Gasteiger partial charge on any atom is -0.496 e. The van der Waals surface area contributed by atoms with Crippen molar-refractivity contribution in [3.8, 4) is 5.75 Å². The second-order valence-corrected chi connectivity index (χ2v) is 3.69. The quantitative estimate of drug-likeness (QED) is 0.702. The highest BCUT2D eigenvalue weighted by Crippen LogP contribution is 2.16. The Morgan fingerprint density at radius 3 is 2.82 bits per heavy atom. The Kier molecular flexibility index (Phi) is 6.10. The first kappa shape index (κ1) is 13.5. The van der Waals surface area contributed by atoms with Crippen LogP contribution in [0.25, 0.3) is 0 Å². The number of para-hydroxylation sites is 1. The second-order valence-electron chi connectivity index (χ2n) is 3.69. The third-order valence-electron chi connectivity index (χ3n) is 2.41. The zero-order valence-electron chi connectivity index (χ0n) is 10.5. The van der Waals surface area contributed by atoms with E-state index in [1.807, 2.05) is 31.2 Å². The van der Waals surface area contributed by atoms with Crippen molar-refractivity contribution < 1.29 is 9.53 Å². The van der Waals surface area contributed by atoms with Gasteiger partial charge in [0.1, 0.15) is 5.75 Å². The lowest BCUT2D eigenvalue weighted by molar-refractivity contribution is -0.120. The largest absolute Gasteiger partial charge is 0.496 e. The predicted octanol–water partition coefficient (Wildman–Crippen LogP) is 1.31. The lowest BCUT2D eigenvalue weighted by Gasteiger charge is -2.09. The molecule has 17 heavy (non-hydrogen) atoms. The lowest BCUT2D eigenvalue weighted by Crippen LogP contribution is -2.27. The fraction of sp³-hybridized carbons (Fsp3) is 0.462. The Balaban J connectivity index is 2.28. The van der Waals surface area contributed by atoms with Gasteiger partial charge in [-0.2, -0.15) is 0 Å². The Labute approximate surface area is 102 Å². The zero-order valence-corrected chi connectivity index (χ0v) is 10.5. The molecule has 1 aromatic carbocycles. The molecule has 0 unspecified atom stereocenters. The number of hydrogen-bond donors (Lipinski definition) is 2. The van der Waals surface area contributed by atoms with Crippen LogP contribution in [0.1, 0.15) is 18.9 Å². The van der Waals surface area contributed by atoms with Gasteiger partial charge in [0.15, 0.2) is 0 Å². The van der Waals surface area contributed by atoms with Crippen molar-refractivity contribution in [3.63, 3.8) is 0 Å². The van der Waals surface area contributed by atoms with E-state index in [-0.39, 0.29) is 5.91 Å². The third kappa shape index (κ3) is 4.87. The first-order valence-corrected chi connectivity index (χ1v) is 5.87. The van der Waals surface area contributed by atoms with Crippen LogP contribution in [0.5, 0.6) is 5.75 Å². The maximum Gasteiger partial charge on any atom is 0.221 e. The van der Waals surface area contributed by atoms with Gasteiger partial charge in [0.05, 0.1) is 7.11 Å². The van der Waals surface area contributed by atoms with E-state index in [1.54, 1.807) is 7.11 Å². The molecule has 1 aromatic rings.